The van der Waals surface area contributed by atoms with E-state index in [-0.39, 0.29) is 29.5 Å². The predicted octanol–water partition coefficient (Wildman–Crippen LogP) is 3.91. The van der Waals surface area contributed by atoms with E-state index in [1.165, 1.54) is 6.07 Å². The van der Waals surface area contributed by atoms with Crippen molar-refractivity contribution in [1.29, 1.82) is 0 Å². The molecule has 2 aliphatic rings. The lowest BCUT2D eigenvalue weighted by Crippen LogP contribution is -2.50. The first-order valence-electron chi connectivity index (χ1n) is 10.9. The molecule has 2 atom stereocenters. The van der Waals surface area contributed by atoms with Crippen LogP contribution in [0.1, 0.15) is 51.0 Å². The largest absolute Gasteiger partial charge is 0.444 e. The minimum atomic E-state index is -1.29. The van der Waals surface area contributed by atoms with Gasteiger partial charge in [0.25, 0.3) is 11.6 Å². The summed E-state index contributed by atoms with van der Waals surface area (Å²) in [7, 11) is 0. The van der Waals surface area contributed by atoms with E-state index in [2.05, 4.69) is 0 Å². The Labute approximate surface area is 191 Å². The maximum atomic E-state index is 13.3. The maximum absolute atomic E-state index is 13.3. The smallest absolute Gasteiger partial charge is 0.416 e. The van der Waals surface area contributed by atoms with E-state index in [4.69, 9.17) is 4.74 Å². The van der Waals surface area contributed by atoms with Crippen LogP contribution in [0.2, 0.25) is 0 Å². The second-order valence-corrected chi connectivity index (χ2v) is 8.82. The van der Waals surface area contributed by atoms with Gasteiger partial charge >= 0.3 is 6.09 Å². The third-order valence-electron chi connectivity index (χ3n) is 6.71. The fraction of sp³-hybridized carbons (Fsp3) is 0.417. The third kappa shape index (κ3) is 3.93. The average molecular weight is 453 g/mol. The minimum Gasteiger partial charge on any atom is -0.444 e. The molecule has 2 aromatic rings. The number of ether oxygens (including phenoxy) is 1. The van der Waals surface area contributed by atoms with E-state index >= 15 is 0 Å². The first kappa shape index (κ1) is 22.7. The molecule has 0 radical (unpaired) electrons. The Bertz CT molecular complexity index is 1160. The fourth-order valence-corrected chi connectivity index (χ4v) is 4.56. The summed E-state index contributed by atoms with van der Waals surface area (Å²) in [6.45, 7) is 7.52. The monoisotopic (exact) mass is 453 g/mol. The number of anilines is 1. The molecule has 0 bridgehead atoms. The Kier molecular flexibility index (Phi) is 5.84. The topological polar surface area (TPSA) is 113 Å². The number of rotatable bonds is 3. The summed E-state index contributed by atoms with van der Waals surface area (Å²) in [4.78, 5) is 40.2. The molecule has 2 heterocycles. The van der Waals surface area contributed by atoms with Gasteiger partial charge in [-0.05, 0) is 81.0 Å². The van der Waals surface area contributed by atoms with Gasteiger partial charge in [-0.1, -0.05) is 0 Å². The molecular formula is C24H27N3O6. The zero-order valence-corrected chi connectivity index (χ0v) is 19.1. The number of amides is 2. The van der Waals surface area contributed by atoms with Crippen LogP contribution in [0.5, 0.6) is 0 Å². The van der Waals surface area contributed by atoms with Crippen molar-refractivity contribution in [3.8, 4) is 0 Å². The first-order chi connectivity index (χ1) is 15.6. The predicted molar refractivity (Wildman–Crippen MR) is 121 cm³/mol. The molecule has 2 amide bonds. The molecule has 1 N–H and O–H groups in total. The van der Waals surface area contributed by atoms with Gasteiger partial charge in [0.15, 0.2) is 6.23 Å². The van der Waals surface area contributed by atoms with Crippen molar-refractivity contribution in [2.75, 3.05) is 11.4 Å². The lowest BCUT2D eigenvalue weighted by molar-refractivity contribution is -0.385. The van der Waals surface area contributed by atoms with Gasteiger partial charge < -0.3 is 14.7 Å². The second-order valence-electron chi connectivity index (χ2n) is 8.82. The van der Waals surface area contributed by atoms with Gasteiger partial charge in [-0.25, -0.2) is 9.69 Å². The van der Waals surface area contributed by atoms with Gasteiger partial charge in [0.1, 0.15) is 6.61 Å². The molecule has 4 rings (SSSR count). The quantitative estimate of drug-likeness (QED) is 0.557. The SMILES string of the molecule is Cc1cc(COC(=O)N2c3cc(C)c(C)cc3C(=O)N3CCC[C@H]3C2O)c([N+](=O)[O-])cc1C. The second kappa shape index (κ2) is 8.47. The molecule has 1 unspecified atom stereocenters. The normalized spacial score (nSPS) is 19.7. The number of aliphatic hydroxyl groups excluding tert-OH is 1. The number of nitro groups is 1. The third-order valence-corrected chi connectivity index (χ3v) is 6.71. The Morgan fingerprint density at radius 3 is 2.45 bits per heavy atom. The molecule has 33 heavy (non-hydrogen) atoms. The molecule has 1 saturated heterocycles. The molecule has 174 valence electrons. The standard InChI is InChI=1S/C24H27N3O6/c1-13-8-17(20(27(31)32)10-15(13)3)12-33-24(30)26-21-11-16(4)14(2)9-18(21)22(28)25-7-5-6-19(25)23(26)29/h8-11,19,23,29H,5-7,12H2,1-4H3/t19-,23?/m0/s1. The van der Waals surface area contributed by atoms with Gasteiger partial charge in [-0.3, -0.25) is 14.9 Å². The van der Waals surface area contributed by atoms with E-state index in [0.717, 1.165) is 33.6 Å². The minimum absolute atomic E-state index is 0.133. The lowest BCUT2D eigenvalue weighted by atomic mass is 10.0. The highest BCUT2D eigenvalue weighted by molar-refractivity contribution is 6.05. The number of nitrogens with zero attached hydrogens (tertiary/aromatic N) is 3. The van der Waals surface area contributed by atoms with Crippen molar-refractivity contribution < 1.29 is 24.4 Å². The van der Waals surface area contributed by atoms with Crippen molar-refractivity contribution in [2.45, 2.75) is 59.4 Å². The van der Waals surface area contributed by atoms with Gasteiger partial charge in [-0.2, -0.15) is 0 Å². The summed E-state index contributed by atoms with van der Waals surface area (Å²) in [5.74, 6) is -0.227. The Hall–Kier alpha value is -3.46. The van der Waals surface area contributed by atoms with Gasteiger partial charge in [0, 0.05) is 12.6 Å². The van der Waals surface area contributed by atoms with Crippen molar-refractivity contribution in [1.82, 2.24) is 4.90 Å². The summed E-state index contributed by atoms with van der Waals surface area (Å²) in [6.07, 6.45) is -0.862. The summed E-state index contributed by atoms with van der Waals surface area (Å²) < 4.78 is 5.48. The number of aryl methyl sites for hydroxylation is 4. The Morgan fingerprint density at radius 2 is 1.76 bits per heavy atom. The van der Waals surface area contributed by atoms with Gasteiger partial charge in [0.05, 0.1) is 27.8 Å². The first-order valence-corrected chi connectivity index (χ1v) is 10.9. The zero-order valence-electron chi connectivity index (χ0n) is 19.1. The van der Waals surface area contributed by atoms with E-state index in [9.17, 15) is 24.8 Å². The molecule has 1 fully saturated rings. The molecular weight excluding hydrogens is 426 g/mol. The van der Waals surface area contributed by atoms with Gasteiger partial charge in [0.2, 0.25) is 0 Å². The number of aliphatic hydroxyl groups is 1. The summed E-state index contributed by atoms with van der Waals surface area (Å²) in [6, 6.07) is 5.97. The van der Waals surface area contributed by atoms with E-state index in [0.29, 0.717) is 18.5 Å². The molecule has 0 aromatic heterocycles. The zero-order chi connectivity index (χ0) is 24.0. The van der Waals surface area contributed by atoms with Crippen molar-refractivity contribution in [2.24, 2.45) is 0 Å². The van der Waals surface area contributed by atoms with Crippen LogP contribution in [0.15, 0.2) is 24.3 Å². The van der Waals surface area contributed by atoms with Crippen LogP contribution in [0.4, 0.5) is 16.2 Å². The van der Waals surface area contributed by atoms with Gasteiger partial charge in [-0.15, -0.1) is 0 Å². The summed E-state index contributed by atoms with van der Waals surface area (Å²) in [5, 5.41) is 22.7. The van der Waals surface area contributed by atoms with Crippen LogP contribution >= 0.6 is 0 Å². The van der Waals surface area contributed by atoms with Crippen LogP contribution in [-0.4, -0.2) is 45.7 Å². The molecule has 9 nitrogen and oxygen atoms in total. The molecule has 2 aliphatic heterocycles. The van der Waals surface area contributed by atoms with Crippen LogP contribution < -0.4 is 4.90 Å². The highest BCUT2D eigenvalue weighted by Gasteiger charge is 2.44. The number of carbonyl (C=O) groups excluding carboxylic acids is 2. The Morgan fingerprint density at radius 1 is 1.12 bits per heavy atom. The highest BCUT2D eigenvalue weighted by atomic mass is 16.6. The molecule has 0 aliphatic carbocycles. The number of carbonyl (C=O) groups is 2. The molecule has 0 spiro atoms. The number of fused-ring (bicyclic) bond motifs is 2. The lowest BCUT2D eigenvalue weighted by Gasteiger charge is -2.31. The van der Waals surface area contributed by atoms with E-state index < -0.39 is 23.3 Å². The number of benzene rings is 2. The van der Waals surface area contributed by atoms with Crippen LogP contribution in [0, 0.1) is 37.8 Å². The van der Waals surface area contributed by atoms with Crippen LogP contribution in [-0.2, 0) is 11.3 Å². The summed E-state index contributed by atoms with van der Waals surface area (Å²) in [5.41, 5.74) is 4.10. The number of hydrogen-bond donors (Lipinski definition) is 1. The van der Waals surface area contributed by atoms with E-state index in [1.54, 1.807) is 30.0 Å². The van der Waals surface area contributed by atoms with Crippen molar-refractivity contribution in [3.63, 3.8) is 0 Å². The van der Waals surface area contributed by atoms with E-state index in [1.807, 2.05) is 20.8 Å². The van der Waals surface area contributed by atoms with Crippen LogP contribution in [0.3, 0.4) is 0 Å². The van der Waals surface area contributed by atoms with Crippen LogP contribution in [0.25, 0.3) is 0 Å². The molecule has 9 heteroatoms. The molecule has 0 saturated carbocycles. The van der Waals surface area contributed by atoms with Crippen molar-refractivity contribution in [3.05, 3.63) is 67.8 Å². The Balaban J connectivity index is 1.70. The summed E-state index contributed by atoms with van der Waals surface area (Å²) >= 11 is 0. The maximum Gasteiger partial charge on any atom is 0.416 e. The average Bonchev–Trinajstić information content (AvgIpc) is 3.23. The van der Waals surface area contributed by atoms with Crippen molar-refractivity contribution >= 4 is 23.4 Å². The fourth-order valence-electron chi connectivity index (χ4n) is 4.56. The number of nitro benzene ring substituents is 1. The highest BCUT2D eigenvalue weighted by Crippen LogP contribution is 2.36. The molecule has 2 aromatic carbocycles. The number of hydrogen-bond acceptors (Lipinski definition) is 6.